The van der Waals surface area contributed by atoms with E-state index in [4.69, 9.17) is 21.1 Å². The van der Waals surface area contributed by atoms with E-state index < -0.39 is 5.60 Å². The predicted octanol–water partition coefficient (Wildman–Crippen LogP) is 2.89. The molecule has 0 radical (unpaired) electrons. The van der Waals surface area contributed by atoms with Crippen molar-refractivity contribution in [3.63, 3.8) is 0 Å². The van der Waals surface area contributed by atoms with E-state index in [2.05, 4.69) is 0 Å². The number of esters is 1. The van der Waals surface area contributed by atoms with Gasteiger partial charge in [0, 0.05) is 5.38 Å². The second-order valence-electron chi connectivity index (χ2n) is 4.72. The SMILES string of the molecule is CCOC(=O)C(C)(C)OC1CCC(Cl)CC1. The van der Waals surface area contributed by atoms with E-state index in [9.17, 15) is 4.79 Å². The van der Waals surface area contributed by atoms with Gasteiger partial charge in [-0.1, -0.05) is 0 Å². The molecule has 4 heteroatoms. The Bertz CT molecular complexity index is 232. The second kappa shape index (κ2) is 5.87. The standard InChI is InChI=1S/C12H21ClO3/c1-4-15-11(14)12(2,3)16-10-7-5-9(13)6-8-10/h9-10H,4-8H2,1-3H3. The fourth-order valence-corrected chi connectivity index (χ4v) is 2.16. The molecular weight excluding hydrogens is 228 g/mol. The molecule has 0 atom stereocenters. The molecule has 0 heterocycles. The minimum atomic E-state index is -0.847. The third-order valence-corrected chi connectivity index (χ3v) is 3.27. The van der Waals surface area contributed by atoms with Gasteiger partial charge in [-0.05, 0) is 46.5 Å². The Labute approximate surface area is 102 Å². The first-order chi connectivity index (χ1) is 7.45. The summed E-state index contributed by atoms with van der Waals surface area (Å²) >= 11 is 6.02. The molecule has 0 saturated heterocycles. The largest absolute Gasteiger partial charge is 0.464 e. The zero-order chi connectivity index (χ0) is 12.2. The molecule has 0 aromatic carbocycles. The summed E-state index contributed by atoms with van der Waals surface area (Å²) in [6.45, 7) is 5.71. The van der Waals surface area contributed by atoms with Gasteiger partial charge in [0.25, 0.3) is 0 Å². The number of alkyl halides is 1. The number of hydrogen-bond donors (Lipinski definition) is 0. The van der Waals surface area contributed by atoms with Gasteiger partial charge >= 0.3 is 5.97 Å². The summed E-state index contributed by atoms with van der Waals surface area (Å²) < 4.78 is 10.8. The van der Waals surface area contributed by atoms with Gasteiger partial charge < -0.3 is 9.47 Å². The van der Waals surface area contributed by atoms with E-state index in [1.807, 2.05) is 0 Å². The first-order valence-electron chi connectivity index (χ1n) is 5.95. The van der Waals surface area contributed by atoms with Crippen LogP contribution >= 0.6 is 11.6 Å². The molecule has 1 aliphatic carbocycles. The minimum Gasteiger partial charge on any atom is -0.464 e. The molecule has 0 aliphatic heterocycles. The molecule has 1 saturated carbocycles. The van der Waals surface area contributed by atoms with Crippen molar-refractivity contribution in [2.24, 2.45) is 0 Å². The van der Waals surface area contributed by atoms with Gasteiger partial charge in [0.2, 0.25) is 0 Å². The van der Waals surface area contributed by atoms with Gasteiger partial charge in [0.15, 0.2) is 5.60 Å². The average Bonchev–Trinajstić information content (AvgIpc) is 2.21. The van der Waals surface area contributed by atoms with Crippen LogP contribution in [0.5, 0.6) is 0 Å². The van der Waals surface area contributed by atoms with Crippen LogP contribution < -0.4 is 0 Å². The molecule has 1 rings (SSSR count). The van der Waals surface area contributed by atoms with Gasteiger partial charge in [0.05, 0.1) is 12.7 Å². The summed E-state index contributed by atoms with van der Waals surface area (Å²) in [5, 5.41) is 0.269. The van der Waals surface area contributed by atoms with Crippen LogP contribution in [0.2, 0.25) is 0 Å². The van der Waals surface area contributed by atoms with Gasteiger partial charge in [-0.25, -0.2) is 4.79 Å². The highest BCUT2D eigenvalue weighted by Crippen LogP contribution is 2.28. The molecule has 1 fully saturated rings. The Morgan fingerprint density at radius 3 is 2.38 bits per heavy atom. The summed E-state index contributed by atoms with van der Waals surface area (Å²) in [6, 6.07) is 0. The number of ether oxygens (including phenoxy) is 2. The van der Waals surface area contributed by atoms with E-state index in [-0.39, 0.29) is 17.5 Å². The Morgan fingerprint density at radius 2 is 1.88 bits per heavy atom. The molecule has 0 bridgehead atoms. The van der Waals surface area contributed by atoms with Crippen molar-refractivity contribution in [2.75, 3.05) is 6.61 Å². The normalized spacial score (nSPS) is 26.5. The molecule has 0 spiro atoms. The Balaban J connectivity index is 2.42. The fourth-order valence-electron chi connectivity index (χ4n) is 1.91. The number of carbonyl (C=O) groups excluding carboxylic acids is 1. The molecule has 3 nitrogen and oxygen atoms in total. The quantitative estimate of drug-likeness (QED) is 0.567. The minimum absolute atomic E-state index is 0.134. The summed E-state index contributed by atoms with van der Waals surface area (Å²) in [4.78, 5) is 11.6. The van der Waals surface area contributed by atoms with Gasteiger partial charge in [-0.3, -0.25) is 0 Å². The van der Waals surface area contributed by atoms with Crippen LogP contribution in [0.4, 0.5) is 0 Å². The third kappa shape index (κ3) is 3.95. The molecule has 1 aliphatic rings. The van der Waals surface area contributed by atoms with E-state index >= 15 is 0 Å². The highest BCUT2D eigenvalue weighted by atomic mass is 35.5. The van der Waals surface area contributed by atoms with E-state index in [0.717, 1.165) is 25.7 Å². The van der Waals surface area contributed by atoms with E-state index in [1.165, 1.54) is 0 Å². The molecule has 0 unspecified atom stereocenters. The number of rotatable bonds is 4. The maximum Gasteiger partial charge on any atom is 0.337 e. The number of carbonyl (C=O) groups is 1. The van der Waals surface area contributed by atoms with Crippen molar-refractivity contribution >= 4 is 17.6 Å². The van der Waals surface area contributed by atoms with Crippen LogP contribution in [-0.4, -0.2) is 29.7 Å². The lowest BCUT2D eigenvalue weighted by molar-refractivity contribution is -0.176. The monoisotopic (exact) mass is 248 g/mol. The third-order valence-electron chi connectivity index (χ3n) is 2.83. The van der Waals surface area contributed by atoms with Crippen molar-refractivity contribution in [1.82, 2.24) is 0 Å². The van der Waals surface area contributed by atoms with Gasteiger partial charge in [-0.15, -0.1) is 11.6 Å². The summed E-state index contributed by atoms with van der Waals surface area (Å²) in [7, 11) is 0. The van der Waals surface area contributed by atoms with Crippen LogP contribution in [-0.2, 0) is 14.3 Å². The lowest BCUT2D eigenvalue weighted by Gasteiger charge is -2.32. The smallest absolute Gasteiger partial charge is 0.337 e. The van der Waals surface area contributed by atoms with Gasteiger partial charge in [-0.2, -0.15) is 0 Å². The average molecular weight is 249 g/mol. The van der Waals surface area contributed by atoms with Crippen molar-refractivity contribution < 1.29 is 14.3 Å². The number of halogens is 1. The Kier molecular flexibility index (Phi) is 5.06. The lowest BCUT2D eigenvalue weighted by atomic mass is 9.96. The Morgan fingerprint density at radius 1 is 1.31 bits per heavy atom. The highest BCUT2D eigenvalue weighted by molar-refractivity contribution is 6.20. The molecule has 0 amide bonds. The molecule has 0 N–H and O–H groups in total. The molecule has 94 valence electrons. The Hall–Kier alpha value is -0.280. The fraction of sp³-hybridized carbons (Fsp3) is 0.917. The topological polar surface area (TPSA) is 35.5 Å². The first-order valence-corrected chi connectivity index (χ1v) is 6.38. The lowest BCUT2D eigenvalue weighted by Crippen LogP contribution is -2.41. The van der Waals surface area contributed by atoms with Crippen LogP contribution in [0.15, 0.2) is 0 Å². The molecular formula is C12H21ClO3. The van der Waals surface area contributed by atoms with Crippen LogP contribution in [0.25, 0.3) is 0 Å². The van der Waals surface area contributed by atoms with E-state index in [0.29, 0.717) is 6.61 Å². The van der Waals surface area contributed by atoms with E-state index in [1.54, 1.807) is 20.8 Å². The van der Waals surface area contributed by atoms with Crippen LogP contribution in [0.1, 0.15) is 46.5 Å². The van der Waals surface area contributed by atoms with Crippen molar-refractivity contribution in [3.05, 3.63) is 0 Å². The first kappa shape index (κ1) is 13.8. The predicted molar refractivity (Wildman–Crippen MR) is 63.7 cm³/mol. The molecule has 0 aromatic heterocycles. The maximum absolute atomic E-state index is 11.6. The van der Waals surface area contributed by atoms with Crippen molar-refractivity contribution in [2.45, 2.75) is 63.5 Å². The molecule has 16 heavy (non-hydrogen) atoms. The van der Waals surface area contributed by atoms with Crippen molar-refractivity contribution in [1.29, 1.82) is 0 Å². The second-order valence-corrected chi connectivity index (χ2v) is 5.34. The summed E-state index contributed by atoms with van der Waals surface area (Å²) in [5.41, 5.74) is -0.847. The maximum atomic E-state index is 11.6. The van der Waals surface area contributed by atoms with Crippen LogP contribution in [0, 0.1) is 0 Å². The van der Waals surface area contributed by atoms with Crippen molar-refractivity contribution in [3.8, 4) is 0 Å². The zero-order valence-electron chi connectivity index (χ0n) is 10.3. The van der Waals surface area contributed by atoms with Gasteiger partial charge in [0.1, 0.15) is 0 Å². The summed E-state index contributed by atoms with van der Waals surface area (Å²) in [5.74, 6) is -0.289. The zero-order valence-corrected chi connectivity index (χ0v) is 11.0. The summed E-state index contributed by atoms with van der Waals surface area (Å²) in [6.07, 6.45) is 3.92. The number of hydrogen-bond acceptors (Lipinski definition) is 3. The van der Waals surface area contributed by atoms with Crippen LogP contribution in [0.3, 0.4) is 0 Å². The highest BCUT2D eigenvalue weighted by Gasteiger charge is 2.34. The molecule has 0 aromatic rings.